The van der Waals surface area contributed by atoms with Crippen LogP contribution in [0.15, 0.2) is 48.7 Å². The summed E-state index contributed by atoms with van der Waals surface area (Å²) in [5.41, 5.74) is 0.604. The molecule has 3 heterocycles. The second-order valence-electron chi connectivity index (χ2n) is 7.32. The summed E-state index contributed by atoms with van der Waals surface area (Å²) in [6.07, 6.45) is 2.02. The van der Waals surface area contributed by atoms with E-state index in [0.29, 0.717) is 31.9 Å². The Morgan fingerprint density at radius 1 is 1.21 bits per heavy atom. The van der Waals surface area contributed by atoms with Crippen LogP contribution >= 0.6 is 0 Å². The van der Waals surface area contributed by atoms with E-state index in [1.807, 2.05) is 36.4 Å². The number of ether oxygens (including phenoxy) is 3. The number of rotatable bonds is 4. The average Bonchev–Trinajstić information content (AvgIpc) is 2.72. The molecule has 2 aliphatic rings. The summed E-state index contributed by atoms with van der Waals surface area (Å²) in [4.78, 5) is 18.7. The molecule has 1 aromatic carbocycles. The number of carbonyl (C=O) groups is 1. The van der Waals surface area contributed by atoms with Crippen LogP contribution in [-0.2, 0) is 21.7 Å². The van der Waals surface area contributed by atoms with Gasteiger partial charge in [0, 0.05) is 30.7 Å². The summed E-state index contributed by atoms with van der Waals surface area (Å²) in [6, 6.07) is 12.7. The van der Waals surface area contributed by atoms with Gasteiger partial charge >= 0.3 is 6.09 Å². The van der Waals surface area contributed by atoms with E-state index in [0.717, 1.165) is 11.1 Å². The van der Waals surface area contributed by atoms with Crippen molar-refractivity contribution in [1.29, 1.82) is 0 Å². The fourth-order valence-electron chi connectivity index (χ4n) is 4.08. The fraction of sp³-hybridized carbons (Fsp3) is 0.429. The maximum Gasteiger partial charge on any atom is 0.410 e. The van der Waals surface area contributed by atoms with Crippen molar-refractivity contribution in [3.05, 3.63) is 59.8 Å². The molecule has 2 aliphatic heterocycles. The molecular weight excluding hydrogens is 360 g/mol. The Balaban J connectivity index is 1.47. The highest BCUT2D eigenvalue weighted by Crippen LogP contribution is 2.41. The molecule has 7 heteroatoms. The summed E-state index contributed by atoms with van der Waals surface area (Å²) < 4.78 is 16.3. The number of piperidine rings is 1. The van der Waals surface area contributed by atoms with Crippen LogP contribution in [0.3, 0.4) is 0 Å². The molecule has 0 saturated carbocycles. The van der Waals surface area contributed by atoms with E-state index in [-0.39, 0.29) is 24.8 Å². The maximum atomic E-state index is 12.8. The van der Waals surface area contributed by atoms with Crippen LogP contribution in [0.25, 0.3) is 0 Å². The van der Waals surface area contributed by atoms with Gasteiger partial charge in [0.25, 0.3) is 0 Å². The van der Waals surface area contributed by atoms with Gasteiger partial charge in [0.1, 0.15) is 6.61 Å². The third-order valence-corrected chi connectivity index (χ3v) is 5.45. The number of morpholine rings is 1. The second-order valence-corrected chi connectivity index (χ2v) is 7.32. The van der Waals surface area contributed by atoms with E-state index < -0.39 is 5.60 Å². The number of carbonyl (C=O) groups excluding carboxylic acids is 1. The van der Waals surface area contributed by atoms with Gasteiger partial charge in [-0.15, -0.1) is 0 Å². The molecular formula is C21H24N2O5. The molecule has 2 bridgehead atoms. The van der Waals surface area contributed by atoms with Crippen LogP contribution in [0.2, 0.25) is 0 Å². The lowest BCUT2D eigenvalue weighted by Crippen LogP contribution is -2.62. The number of amides is 1. The normalized spacial score (nSPS) is 26.6. The minimum absolute atomic E-state index is 0.225. The number of pyridine rings is 1. The van der Waals surface area contributed by atoms with E-state index in [1.54, 1.807) is 24.3 Å². The predicted octanol–water partition coefficient (Wildman–Crippen LogP) is 2.48. The first-order valence-electron chi connectivity index (χ1n) is 9.39. The molecule has 2 aromatic rings. The van der Waals surface area contributed by atoms with E-state index in [4.69, 9.17) is 14.2 Å². The van der Waals surface area contributed by atoms with Gasteiger partial charge in [0.05, 0.1) is 38.0 Å². The molecule has 2 fully saturated rings. The van der Waals surface area contributed by atoms with Gasteiger partial charge in [0.15, 0.2) is 0 Å². The molecule has 2 atom stereocenters. The Labute approximate surface area is 163 Å². The van der Waals surface area contributed by atoms with Gasteiger partial charge in [-0.1, -0.05) is 30.3 Å². The lowest BCUT2D eigenvalue weighted by molar-refractivity contribution is -0.137. The average molecular weight is 384 g/mol. The van der Waals surface area contributed by atoms with E-state index in [9.17, 15) is 9.90 Å². The van der Waals surface area contributed by atoms with Crippen molar-refractivity contribution in [3.63, 3.8) is 0 Å². The smallest absolute Gasteiger partial charge is 0.410 e. The Hall–Kier alpha value is -2.64. The molecule has 1 amide bonds. The molecule has 0 radical (unpaired) electrons. The molecule has 7 nitrogen and oxygen atoms in total. The monoisotopic (exact) mass is 384 g/mol. The summed E-state index contributed by atoms with van der Waals surface area (Å²) in [5.74, 6) is 0.498. The van der Waals surface area contributed by atoms with Gasteiger partial charge in [-0.2, -0.15) is 0 Å². The lowest BCUT2D eigenvalue weighted by atomic mass is 9.77. The standard InChI is InChI=1S/C21H24N2O5/c1-26-19-8-7-16(11-22-19)21(25)9-17-13-27-14-18(10-21)23(17)20(24)28-12-15-5-3-2-4-6-15/h2-8,11,17-18,25H,9-10,12-14H2,1H3. The van der Waals surface area contributed by atoms with E-state index in [1.165, 1.54) is 0 Å². The van der Waals surface area contributed by atoms with Crippen molar-refractivity contribution in [2.24, 2.45) is 0 Å². The number of nitrogens with zero attached hydrogens (tertiary/aromatic N) is 2. The van der Waals surface area contributed by atoms with Crippen molar-refractivity contribution in [3.8, 4) is 5.88 Å². The van der Waals surface area contributed by atoms with Crippen LogP contribution in [0.1, 0.15) is 24.0 Å². The molecule has 1 N–H and O–H groups in total. The first-order chi connectivity index (χ1) is 13.6. The SMILES string of the molecule is COc1ccc(C2(O)CC3COCC(C2)N3C(=O)OCc2ccccc2)cn1. The molecule has 0 aliphatic carbocycles. The zero-order valence-corrected chi connectivity index (χ0v) is 15.8. The number of aliphatic hydroxyl groups is 1. The summed E-state index contributed by atoms with van der Waals surface area (Å²) in [5, 5.41) is 11.3. The predicted molar refractivity (Wildman–Crippen MR) is 101 cm³/mol. The number of hydrogen-bond acceptors (Lipinski definition) is 6. The lowest BCUT2D eigenvalue weighted by Gasteiger charge is -2.50. The van der Waals surface area contributed by atoms with Crippen molar-refractivity contribution < 1.29 is 24.1 Å². The van der Waals surface area contributed by atoms with Gasteiger partial charge in [0.2, 0.25) is 5.88 Å². The van der Waals surface area contributed by atoms with Crippen LogP contribution in [0.5, 0.6) is 5.88 Å². The molecule has 1 aromatic heterocycles. The molecule has 2 saturated heterocycles. The highest BCUT2D eigenvalue weighted by molar-refractivity contribution is 5.69. The quantitative estimate of drug-likeness (QED) is 0.872. The minimum Gasteiger partial charge on any atom is -0.481 e. The Morgan fingerprint density at radius 2 is 1.93 bits per heavy atom. The number of aromatic nitrogens is 1. The minimum atomic E-state index is -1.06. The van der Waals surface area contributed by atoms with Crippen LogP contribution in [0.4, 0.5) is 4.79 Å². The first-order valence-corrected chi connectivity index (χ1v) is 9.39. The van der Waals surface area contributed by atoms with Crippen molar-refractivity contribution >= 4 is 6.09 Å². The van der Waals surface area contributed by atoms with Crippen molar-refractivity contribution in [2.45, 2.75) is 37.1 Å². The topological polar surface area (TPSA) is 81.1 Å². The number of fused-ring (bicyclic) bond motifs is 2. The molecule has 28 heavy (non-hydrogen) atoms. The fourth-order valence-corrected chi connectivity index (χ4v) is 4.08. The van der Waals surface area contributed by atoms with Gasteiger partial charge in [-0.05, 0) is 11.6 Å². The third-order valence-electron chi connectivity index (χ3n) is 5.45. The van der Waals surface area contributed by atoms with Gasteiger partial charge < -0.3 is 19.3 Å². The van der Waals surface area contributed by atoms with Gasteiger partial charge in [-0.3, -0.25) is 4.90 Å². The number of methoxy groups -OCH3 is 1. The maximum absolute atomic E-state index is 12.8. The van der Waals surface area contributed by atoms with Crippen molar-refractivity contribution in [1.82, 2.24) is 9.88 Å². The van der Waals surface area contributed by atoms with Crippen LogP contribution in [0, 0.1) is 0 Å². The summed E-state index contributed by atoms with van der Waals surface area (Å²) >= 11 is 0. The molecule has 0 spiro atoms. The Kier molecular flexibility index (Phi) is 5.19. The second kappa shape index (κ2) is 7.77. The van der Waals surface area contributed by atoms with E-state index >= 15 is 0 Å². The van der Waals surface area contributed by atoms with E-state index in [2.05, 4.69) is 4.98 Å². The molecule has 2 unspecified atom stereocenters. The Bertz CT molecular complexity index is 797. The number of hydrogen-bond donors (Lipinski definition) is 1. The molecule has 148 valence electrons. The molecule has 4 rings (SSSR count). The third kappa shape index (κ3) is 3.68. The first kappa shape index (κ1) is 18.7. The van der Waals surface area contributed by atoms with Crippen LogP contribution < -0.4 is 4.74 Å². The largest absolute Gasteiger partial charge is 0.481 e. The summed E-state index contributed by atoms with van der Waals surface area (Å²) in [7, 11) is 1.55. The summed E-state index contributed by atoms with van der Waals surface area (Å²) in [6.45, 7) is 0.981. The zero-order valence-electron chi connectivity index (χ0n) is 15.8. The van der Waals surface area contributed by atoms with Crippen molar-refractivity contribution in [2.75, 3.05) is 20.3 Å². The van der Waals surface area contributed by atoms with Gasteiger partial charge in [-0.25, -0.2) is 9.78 Å². The highest BCUT2D eigenvalue weighted by atomic mass is 16.6. The van der Waals surface area contributed by atoms with Crippen LogP contribution in [-0.4, -0.2) is 53.5 Å². The zero-order chi connectivity index (χ0) is 19.6. The Morgan fingerprint density at radius 3 is 2.54 bits per heavy atom. The highest BCUT2D eigenvalue weighted by Gasteiger charge is 2.49. The number of benzene rings is 1.